The molecule has 4 rings (SSSR count). The second-order valence-corrected chi connectivity index (χ2v) is 8.27. The minimum Gasteiger partial charge on any atom is -0.483 e. The lowest BCUT2D eigenvalue weighted by molar-refractivity contribution is 0.0526. The number of carbonyl (C=O) groups is 1. The number of rotatable bonds is 6. The molecule has 0 aliphatic rings. The molecule has 0 fully saturated rings. The summed E-state index contributed by atoms with van der Waals surface area (Å²) in [5, 5.41) is 0.453. The number of nitrogens with zero attached hydrogens (tertiary/aromatic N) is 2. The van der Waals surface area contributed by atoms with Crippen LogP contribution in [0.2, 0.25) is 5.15 Å². The smallest absolute Gasteiger partial charge is 0.297 e. The van der Waals surface area contributed by atoms with E-state index in [-0.39, 0.29) is 33.4 Å². The Balaban J connectivity index is 1.85. The maximum absolute atomic E-state index is 13.8. The van der Waals surface area contributed by atoms with Gasteiger partial charge in [-0.05, 0) is 56.7 Å². The van der Waals surface area contributed by atoms with Gasteiger partial charge < -0.3 is 9.15 Å². The third-order valence-corrected chi connectivity index (χ3v) is 5.55. The molecular weight excluding hydrogens is 477 g/mol. The summed E-state index contributed by atoms with van der Waals surface area (Å²) in [7, 11) is 1.29. The largest absolute Gasteiger partial charge is 0.483 e. The number of fused-ring (bicyclic) bond motifs is 1. The van der Waals surface area contributed by atoms with Crippen LogP contribution in [-0.4, -0.2) is 23.0 Å². The van der Waals surface area contributed by atoms with Crippen LogP contribution in [0, 0.1) is 19.7 Å². The third-order valence-electron chi connectivity index (χ3n) is 5.33. The van der Waals surface area contributed by atoms with Crippen molar-refractivity contribution in [3.63, 3.8) is 0 Å². The minimum absolute atomic E-state index is 0.0769. The number of hydroxylamine groups is 1. The summed E-state index contributed by atoms with van der Waals surface area (Å²) in [6.45, 7) is 5.20. The van der Waals surface area contributed by atoms with Gasteiger partial charge in [-0.3, -0.25) is 19.4 Å². The van der Waals surface area contributed by atoms with Crippen molar-refractivity contribution < 1.29 is 23.2 Å². The van der Waals surface area contributed by atoms with Crippen molar-refractivity contribution in [3.8, 4) is 17.1 Å². The molecule has 35 heavy (non-hydrogen) atoms. The van der Waals surface area contributed by atoms with Gasteiger partial charge in [0.05, 0.1) is 18.7 Å². The van der Waals surface area contributed by atoms with Crippen LogP contribution in [0.15, 0.2) is 51.9 Å². The Bertz CT molecular complexity index is 1500. The van der Waals surface area contributed by atoms with Crippen LogP contribution in [0.1, 0.15) is 40.2 Å². The maximum atomic E-state index is 13.8. The first-order chi connectivity index (χ1) is 16.7. The summed E-state index contributed by atoms with van der Waals surface area (Å²) in [5.41, 5.74) is 4.16. The van der Waals surface area contributed by atoms with Crippen LogP contribution in [0.3, 0.4) is 0 Å². The number of pyridine rings is 2. The zero-order valence-electron chi connectivity index (χ0n) is 19.3. The molecule has 0 spiro atoms. The van der Waals surface area contributed by atoms with Gasteiger partial charge in [-0.15, -0.1) is 0 Å². The molecule has 0 bridgehead atoms. The number of amides is 1. The number of hydrogen-bond donors (Lipinski definition) is 1. The topological polar surface area (TPSA) is 104 Å². The van der Waals surface area contributed by atoms with E-state index in [1.54, 1.807) is 19.9 Å². The average molecular weight is 498 g/mol. The fourth-order valence-electron chi connectivity index (χ4n) is 3.76. The molecule has 0 saturated carbocycles. The lowest BCUT2D eigenvalue weighted by atomic mass is 10.00. The molecule has 3 aromatic heterocycles. The van der Waals surface area contributed by atoms with Gasteiger partial charge in [-0.2, -0.15) is 0 Å². The van der Waals surface area contributed by atoms with Gasteiger partial charge in [0.1, 0.15) is 28.4 Å². The van der Waals surface area contributed by atoms with Crippen molar-refractivity contribution in [2.24, 2.45) is 0 Å². The van der Waals surface area contributed by atoms with E-state index < -0.39 is 17.8 Å². The van der Waals surface area contributed by atoms with Crippen molar-refractivity contribution in [1.29, 1.82) is 0 Å². The predicted molar refractivity (Wildman–Crippen MR) is 128 cm³/mol. The van der Waals surface area contributed by atoms with E-state index in [0.717, 1.165) is 11.8 Å². The highest BCUT2D eigenvalue weighted by atomic mass is 35.5. The van der Waals surface area contributed by atoms with Gasteiger partial charge in [-0.1, -0.05) is 11.6 Å². The third kappa shape index (κ3) is 4.87. The molecule has 0 aliphatic heterocycles. The van der Waals surface area contributed by atoms with Gasteiger partial charge in [0.2, 0.25) is 0 Å². The van der Waals surface area contributed by atoms with E-state index in [4.69, 9.17) is 20.8 Å². The van der Waals surface area contributed by atoms with Crippen molar-refractivity contribution in [2.75, 3.05) is 7.11 Å². The van der Waals surface area contributed by atoms with E-state index in [1.807, 2.05) is 13.0 Å². The van der Waals surface area contributed by atoms with Gasteiger partial charge >= 0.3 is 0 Å². The Hall–Kier alpha value is -3.82. The Kier molecular flexibility index (Phi) is 6.81. The Morgan fingerprint density at radius 1 is 1.20 bits per heavy atom. The molecule has 10 heteroatoms. The van der Waals surface area contributed by atoms with Crippen molar-refractivity contribution >= 4 is 28.5 Å². The number of aromatic nitrogens is 2. The van der Waals surface area contributed by atoms with E-state index in [1.165, 1.54) is 31.5 Å². The number of ether oxygens (including phenoxy) is 1. The molecule has 0 radical (unpaired) electrons. The first-order valence-corrected chi connectivity index (χ1v) is 10.9. The van der Waals surface area contributed by atoms with Crippen LogP contribution in [-0.2, 0) is 4.84 Å². The highest BCUT2D eigenvalue weighted by Crippen LogP contribution is 2.33. The molecule has 4 aromatic rings. The number of aryl methyl sites for hydroxylation is 1. The predicted octanol–water partition coefficient (Wildman–Crippen LogP) is 5.09. The second kappa shape index (κ2) is 9.81. The molecule has 1 N–H and O–H groups in total. The highest BCUT2D eigenvalue weighted by Gasteiger charge is 2.23. The van der Waals surface area contributed by atoms with Crippen LogP contribution in [0.4, 0.5) is 4.39 Å². The van der Waals surface area contributed by atoms with E-state index in [0.29, 0.717) is 22.1 Å². The lowest BCUT2D eigenvalue weighted by Crippen LogP contribution is -2.24. The molecule has 1 atom stereocenters. The van der Waals surface area contributed by atoms with Gasteiger partial charge in [0.15, 0.2) is 16.9 Å². The average Bonchev–Trinajstić information content (AvgIpc) is 2.82. The number of benzene rings is 1. The zero-order valence-corrected chi connectivity index (χ0v) is 20.1. The number of hydrogen-bond acceptors (Lipinski definition) is 7. The van der Waals surface area contributed by atoms with Gasteiger partial charge in [0.25, 0.3) is 5.91 Å². The number of halogens is 2. The van der Waals surface area contributed by atoms with Crippen molar-refractivity contribution in [1.82, 2.24) is 15.4 Å². The SMILES string of the molecule is CONC(=O)c1nc(Cl)ccc1O[C@H](C)c1cc(C)cc2c(=O)c(C)c(-c3cncc(F)c3)oc12. The monoisotopic (exact) mass is 497 g/mol. The number of nitrogens with one attached hydrogen (secondary N) is 1. The van der Waals surface area contributed by atoms with Gasteiger partial charge in [0, 0.05) is 22.9 Å². The molecule has 0 aliphatic carbocycles. The molecule has 1 amide bonds. The maximum Gasteiger partial charge on any atom is 0.297 e. The first kappa shape index (κ1) is 24.3. The Morgan fingerprint density at radius 2 is 1.97 bits per heavy atom. The summed E-state index contributed by atoms with van der Waals surface area (Å²) >= 11 is 5.96. The van der Waals surface area contributed by atoms with Crippen molar-refractivity contribution in [3.05, 3.63) is 86.3 Å². The molecule has 1 aromatic carbocycles. The number of carbonyl (C=O) groups excluding carboxylic acids is 1. The fraction of sp³-hybridized carbons (Fsp3) is 0.200. The summed E-state index contributed by atoms with van der Waals surface area (Å²) in [4.78, 5) is 38.2. The van der Waals surface area contributed by atoms with E-state index in [2.05, 4.69) is 20.3 Å². The fourth-order valence-corrected chi connectivity index (χ4v) is 3.90. The van der Waals surface area contributed by atoms with Crippen LogP contribution >= 0.6 is 11.6 Å². The molecule has 0 saturated heterocycles. The molecular formula is C25H21ClFN3O5. The summed E-state index contributed by atoms with van der Waals surface area (Å²) in [5.74, 6) is -0.841. The quantitative estimate of drug-likeness (QED) is 0.292. The molecule has 3 heterocycles. The Morgan fingerprint density at radius 3 is 2.69 bits per heavy atom. The summed E-state index contributed by atoms with van der Waals surface area (Å²) in [6, 6.07) is 7.78. The van der Waals surface area contributed by atoms with Crippen molar-refractivity contribution in [2.45, 2.75) is 26.9 Å². The first-order valence-electron chi connectivity index (χ1n) is 10.5. The van der Waals surface area contributed by atoms with Crippen LogP contribution in [0.5, 0.6) is 5.75 Å². The Labute approximate surface area is 204 Å². The normalized spacial score (nSPS) is 11.9. The van der Waals surface area contributed by atoms with Crippen LogP contribution in [0.25, 0.3) is 22.3 Å². The van der Waals surface area contributed by atoms with E-state index >= 15 is 0 Å². The summed E-state index contributed by atoms with van der Waals surface area (Å²) < 4.78 is 26.1. The molecule has 0 unspecified atom stereocenters. The molecule has 180 valence electrons. The zero-order chi connectivity index (χ0) is 25.3. The summed E-state index contributed by atoms with van der Waals surface area (Å²) in [6.07, 6.45) is 1.81. The standard InChI is InChI=1S/C25H21ClFN3O5/c1-12-7-17(14(3)34-19-5-6-20(26)29-21(19)25(32)30-33-4)24-18(8-12)22(31)13(2)23(35-24)15-9-16(27)11-28-10-15/h5-11,14H,1-4H3,(H,30,32)/t14-/m1/s1. The minimum atomic E-state index is -0.682. The van der Waals surface area contributed by atoms with Crippen LogP contribution < -0.4 is 15.6 Å². The second-order valence-electron chi connectivity index (χ2n) is 7.88. The highest BCUT2D eigenvalue weighted by molar-refractivity contribution is 6.29. The lowest BCUT2D eigenvalue weighted by Gasteiger charge is -2.19. The molecule has 8 nitrogen and oxygen atoms in total. The van der Waals surface area contributed by atoms with Gasteiger partial charge in [-0.25, -0.2) is 14.9 Å². The van der Waals surface area contributed by atoms with E-state index in [9.17, 15) is 14.0 Å².